The van der Waals surface area contributed by atoms with Crippen molar-refractivity contribution in [2.24, 2.45) is 11.8 Å². The number of carbonyl (C=O) groups is 2. The van der Waals surface area contributed by atoms with Gasteiger partial charge < -0.3 is 15.7 Å². The van der Waals surface area contributed by atoms with Crippen LogP contribution in [-0.4, -0.2) is 30.2 Å². The average Bonchev–Trinajstić information content (AvgIpc) is 2.37. The van der Waals surface area contributed by atoms with Crippen molar-refractivity contribution in [2.75, 3.05) is 13.1 Å². The van der Waals surface area contributed by atoms with Crippen LogP contribution in [0.5, 0.6) is 0 Å². The van der Waals surface area contributed by atoms with Crippen LogP contribution in [0.2, 0.25) is 0 Å². The molecule has 5 heteroatoms. The van der Waals surface area contributed by atoms with E-state index in [0.29, 0.717) is 19.5 Å². The molecular formula is C14H26N2O3. The molecule has 1 fully saturated rings. The molecule has 1 rings (SSSR count). The zero-order valence-corrected chi connectivity index (χ0v) is 11.8. The van der Waals surface area contributed by atoms with E-state index < -0.39 is 5.97 Å². The van der Waals surface area contributed by atoms with Crippen LogP contribution in [-0.2, 0) is 4.79 Å². The molecule has 1 saturated carbocycles. The summed E-state index contributed by atoms with van der Waals surface area (Å²) in [5.74, 6) is 0.791. The summed E-state index contributed by atoms with van der Waals surface area (Å²) in [5.41, 5.74) is 0. The van der Waals surface area contributed by atoms with Crippen molar-refractivity contribution in [1.29, 1.82) is 0 Å². The summed E-state index contributed by atoms with van der Waals surface area (Å²) in [4.78, 5) is 21.7. The van der Waals surface area contributed by atoms with Gasteiger partial charge in [-0.3, -0.25) is 4.79 Å². The Morgan fingerprint density at radius 1 is 1.11 bits per heavy atom. The van der Waals surface area contributed by atoms with Gasteiger partial charge in [0.15, 0.2) is 0 Å². The second-order valence-electron chi connectivity index (χ2n) is 5.59. The van der Waals surface area contributed by atoms with Gasteiger partial charge in [-0.25, -0.2) is 4.79 Å². The number of aliphatic carboxylic acids is 1. The minimum atomic E-state index is -0.825. The zero-order chi connectivity index (χ0) is 14.1. The normalized spacial score (nSPS) is 22.8. The highest BCUT2D eigenvalue weighted by Gasteiger charge is 2.17. The molecule has 3 N–H and O–H groups in total. The number of urea groups is 1. The Morgan fingerprint density at radius 3 is 2.37 bits per heavy atom. The molecule has 0 spiro atoms. The first-order valence-corrected chi connectivity index (χ1v) is 7.31. The summed E-state index contributed by atoms with van der Waals surface area (Å²) in [5, 5.41) is 14.0. The van der Waals surface area contributed by atoms with Gasteiger partial charge in [-0.05, 0) is 24.7 Å². The summed E-state index contributed by atoms with van der Waals surface area (Å²) >= 11 is 0. The third kappa shape index (κ3) is 7.70. The summed E-state index contributed by atoms with van der Waals surface area (Å²) in [7, 11) is 0. The molecular weight excluding hydrogens is 244 g/mol. The van der Waals surface area contributed by atoms with Crippen LogP contribution in [0.25, 0.3) is 0 Å². The Hall–Kier alpha value is -1.26. The summed E-state index contributed by atoms with van der Waals surface area (Å²) in [6.07, 6.45) is 6.81. The second kappa shape index (κ2) is 8.77. The van der Waals surface area contributed by atoms with Gasteiger partial charge in [0, 0.05) is 19.5 Å². The molecule has 19 heavy (non-hydrogen) atoms. The number of nitrogens with one attached hydrogen (secondary N) is 2. The van der Waals surface area contributed by atoms with Crippen LogP contribution < -0.4 is 10.6 Å². The Labute approximate surface area is 115 Å². The van der Waals surface area contributed by atoms with E-state index in [1.54, 1.807) is 0 Å². The summed E-state index contributed by atoms with van der Waals surface area (Å²) in [6, 6.07) is -0.186. The van der Waals surface area contributed by atoms with Crippen LogP contribution in [0, 0.1) is 11.8 Å². The lowest BCUT2D eigenvalue weighted by Crippen LogP contribution is -2.37. The first-order chi connectivity index (χ1) is 9.08. The smallest absolute Gasteiger partial charge is 0.314 e. The SMILES string of the molecule is CC1CCC(CCNC(=O)NCCCC(=O)O)CC1. The number of hydrogen-bond donors (Lipinski definition) is 3. The van der Waals surface area contributed by atoms with Crippen molar-refractivity contribution in [3.05, 3.63) is 0 Å². The number of carboxylic acids is 1. The highest BCUT2D eigenvalue weighted by atomic mass is 16.4. The quantitative estimate of drug-likeness (QED) is 0.621. The molecule has 1 aliphatic carbocycles. The average molecular weight is 270 g/mol. The maximum absolute atomic E-state index is 11.4. The van der Waals surface area contributed by atoms with Gasteiger partial charge in [0.25, 0.3) is 0 Å². The molecule has 0 bridgehead atoms. The van der Waals surface area contributed by atoms with Crippen LogP contribution >= 0.6 is 0 Å². The van der Waals surface area contributed by atoms with Crippen molar-refractivity contribution in [3.8, 4) is 0 Å². The molecule has 0 atom stereocenters. The van der Waals surface area contributed by atoms with E-state index in [2.05, 4.69) is 17.6 Å². The topological polar surface area (TPSA) is 78.4 Å². The molecule has 0 aromatic carbocycles. The number of rotatable bonds is 7. The fourth-order valence-corrected chi connectivity index (χ4v) is 2.51. The maximum atomic E-state index is 11.4. The monoisotopic (exact) mass is 270 g/mol. The highest BCUT2D eigenvalue weighted by Crippen LogP contribution is 2.29. The third-order valence-electron chi connectivity index (χ3n) is 3.83. The minimum Gasteiger partial charge on any atom is -0.481 e. The largest absolute Gasteiger partial charge is 0.481 e. The van der Waals surface area contributed by atoms with Gasteiger partial charge in [-0.1, -0.05) is 32.6 Å². The molecule has 0 aromatic rings. The van der Waals surface area contributed by atoms with E-state index in [0.717, 1.165) is 18.3 Å². The van der Waals surface area contributed by atoms with Gasteiger partial charge >= 0.3 is 12.0 Å². The third-order valence-corrected chi connectivity index (χ3v) is 3.83. The predicted molar refractivity (Wildman–Crippen MR) is 74.0 cm³/mol. The Kier molecular flexibility index (Phi) is 7.30. The molecule has 110 valence electrons. The van der Waals surface area contributed by atoms with Crippen LogP contribution in [0.4, 0.5) is 4.79 Å². The molecule has 0 aromatic heterocycles. The van der Waals surface area contributed by atoms with Crippen LogP contribution in [0.15, 0.2) is 0 Å². The lowest BCUT2D eigenvalue weighted by molar-refractivity contribution is -0.137. The lowest BCUT2D eigenvalue weighted by atomic mass is 9.81. The first-order valence-electron chi connectivity index (χ1n) is 7.31. The molecule has 0 saturated heterocycles. The Balaban J connectivity index is 1.96. The van der Waals surface area contributed by atoms with Crippen molar-refractivity contribution in [3.63, 3.8) is 0 Å². The number of amides is 2. The Morgan fingerprint density at radius 2 is 1.74 bits per heavy atom. The Bertz CT molecular complexity index is 286. The molecule has 5 nitrogen and oxygen atoms in total. The van der Waals surface area contributed by atoms with Crippen molar-refractivity contribution in [2.45, 2.75) is 51.9 Å². The molecule has 0 unspecified atom stereocenters. The number of carboxylic acid groups (broad SMARTS) is 1. The number of hydrogen-bond acceptors (Lipinski definition) is 2. The summed E-state index contributed by atoms with van der Waals surface area (Å²) < 4.78 is 0. The van der Waals surface area contributed by atoms with E-state index in [9.17, 15) is 9.59 Å². The lowest BCUT2D eigenvalue weighted by Gasteiger charge is -2.26. The molecule has 2 amide bonds. The van der Waals surface area contributed by atoms with E-state index in [-0.39, 0.29) is 12.5 Å². The zero-order valence-electron chi connectivity index (χ0n) is 11.8. The van der Waals surface area contributed by atoms with Gasteiger partial charge in [0.1, 0.15) is 0 Å². The fourth-order valence-electron chi connectivity index (χ4n) is 2.51. The maximum Gasteiger partial charge on any atom is 0.314 e. The second-order valence-corrected chi connectivity index (χ2v) is 5.59. The standard InChI is InChI=1S/C14H26N2O3/c1-11-4-6-12(7-5-11)8-10-16-14(19)15-9-2-3-13(17)18/h11-12H,2-10H2,1H3,(H,17,18)(H2,15,16,19). The van der Waals surface area contributed by atoms with Crippen molar-refractivity contribution >= 4 is 12.0 Å². The molecule has 0 radical (unpaired) electrons. The van der Waals surface area contributed by atoms with Gasteiger partial charge in [-0.2, -0.15) is 0 Å². The van der Waals surface area contributed by atoms with E-state index in [1.807, 2.05) is 0 Å². The van der Waals surface area contributed by atoms with Crippen LogP contribution in [0.3, 0.4) is 0 Å². The van der Waals surface area contributed by atoms with Crippen molar-refractivity contribution < 1.29 is 14.7 Å². The van der Waals surface area contributed by atoms with Crippen LogP contribution in [0.1, 0.15) is 51.9 Å². The van der Waals surface area contributed by atoms with E-state index in [1.165, 1.54) is 25.7 Å². The summed E-state index contributed by atoms with van der Waals surface area (Å²) in [6.45, 7) is 3.43. The fraction of sp³-hybridized carbons (Fsp3) is 0.857. The van der Waals surface area contributed by atoms with E-state index >= 15 is 0 Å². The molecule has 0 aliphatic heterocycles. The van der Waals surface area contributed by atoms with Gasteiger partial charge in [-0.15, -0.1) is 0 Å². The highest BCUT2D eigenvalue weighted by molar-refractivity contribution is 5.73. The predicted octanol–water partition coefficient (Wildman–Crippen LogP) is 2.37. The minimum absolute atomic E-state index is 0.0978. The molecule has 1 aliphatic rings. The van der Waals surface area contributed by atoms with Gasteiger partial charge in [0.2, 0.25) is 0 Å². The molecule has 0 heterocycles. The van der Waals surface area contributed by atoms with E-state index in [4.69, 9.17) is 5.11 Å². The van der Waals surface area contributed by atoms with Crippen molar-refractivity contribution in [1.82, 2.24) is 10.6 Å². The van der Waals surface area contributed by atoms with Gasteiger partial charge in [0.05, 0.1) is 0 Å². The first kappa shape index (κ1) is 15.8. The number of carbonyl (C=O) groups excluding carboxylic acids is 1.